The second-order valence-electron chi connectivity index (χ2n) is 7.88. The van der Waals surface area contributed by atoms with Crippen molar-refractivity contribution < 1.29 is 14.3 Å². The molecular formula is C22H27N5O3. The molecule has 0 saturated carbocycles. The maximum Gasteiger partial charge on any atom is 0.320 e. The summed E-state index contributed by atoms with van der Waals surface area (Å²) in [7, 11) is 0. The number of urea groups is 1. The lowest BCUT2D eigenvalue weighted by Crippen LogP contribution is -2.40. The molecule has 1 atom stereocenters. The predicted octanol–water partition coefficient (Wildman–Crippen LogP) is 2.37. The lowest BCUT2D eigenvalue weighted by atomic mass is 9.99. The first-order chi connectivity index (χ1) is 14.5. The highest BCUT2D eigenvalue weighted by atomic mass is 16.5. The van der Waals surface area contributed by atoms with Crippen LogP contribution in [-0.4, -0.2) is 47.5 Å². The molecule has 0 bridgehead atoms. The number of pyridine rings is 2. The van der Waals surface area contributed by atoms with E-state index >= 15 is 0 Å². The summed E-state index contributed by atoms with van der Waals surface area (Å²) in [5.74, 6) is 0.589. The number of aryl methyl sites for hydroxylation is 1. The molecular weight excluding hydrogens is 382 g/mol. The normalized spacial score (nSPS) is 18.0. The molecule has 0 spiro atoms. The average molecular weight is 409 g/mol. The van der Waals surface area contributed by atoms with Crippen LogP contribution in [0.3, 0.4) is 0 Å². The Kier molecular flexibility index (Phi) is 6.06. The van der Waals surface area contributed by atoms with Gasteiger partial charge in [-0.3, -0.25) is 14.7 Å². The zero-order valence-corrected chi connectivity index (χ0v) is 17.1. The molecule has 2 amide bonds. The Morgan fingerprint density at radius 3 is 2.70 bits per heavy atom. The van der Waals surface area contributed by atoms with Gasteiger partial charge >= 0.3 is 6.03 Å². The van der Waals surface area contributed by atoms with Crippen LogP contribution in [0.4, 0.5) is 10.6 Å². The van der Waals surface area contributed by atoms with Crippen LogP contribution in [0.2, 0.25) is 0 Å². The Balaban J connectivity index is 1.61. The minimum absolute atomic E-state index is 0.0341. The van der Waals surface area contributed by atoms with Crippen LogP contribution in [0, 0.1) is 0 Å². The number of primary amides is 1. The quantitative estimate of drug-likeness (QED) is 0.784. The van der Waals surface area contributed by atoms with E-state index in [1.807, 2.05) is 12.1 Å². The Labute approximate surface area is 175 Å². The van der Waals surface area contributed by atoms with Crippen molar-refractivity contribution in [3.05, 3.63) is 41.9 Å². The minimum Gasteiger partial charge on any atom is -0.362 e. The van der Waals surface area contributed by atoms with Gasteiger partial charge in [-0.1, -0.05) is 0 Å². The lowest BCUT2D eigenvalue weighted by molar-refractivity contribution is -0.134. The van der Waals surface area contributed by atoms with E-state index in [4.69, 9.17) is 10.5 Å². The minimum atomic E-state index is -0.628. The number of carbonyl (C=O) groups is 2. The van der Waals surface area contributed by atoms with Crippen LogP contribution in [-0.2, 0) is 16.0 Å². The zero-order chi connectivity index (χ0) is 21.1. The van der Waals surface area contributed by atoms with Gasteiger partial charge in [0.15, 0.2) is 5.78 Å². The Morgan fingerprint density at radius 1 is 1.20 bits per heavy atom. The van der Waals surface area contributed by atoms with Crippen LogP contribution in [0.25, 0.3) is 11.1 Å². The van der Waals surface area contributed by atoms with Crippen molar-refractivity contribution in [3.8, 4) is 11.1 Å². The largest absolute Gasteiger partial charge is 0.362 e. The maximum absolute atomic E-state index is 12.3. The van der Waals surface area contributed by atoms with E-state index in [1.54, 1.807) is 25.5 Å². The number of nitrogens with two attached hydrogens (primary N) is 1. The number of anilines is 1. The highest BCUT2D eigenvalue weighted by molar-refractivity contribution is 5.91. The summed E-state index contributed by atoms with van der Waals surface area (Å²) in [6, 6.07) is 3.48. The van der Waals surface area contributed by atoms with E-state index in [-0.39, 0.29) is 11.9 Å². The van der Waals surface area contributed by atoms with Gasteiger partial charge in [-0.25, -0.2) is 9.78 Å². The van der Waals surface area contributed by atoms with Crippen molar-refractivity contribution in [3.63, 3.8) is 0 Å². The number of hydrogen-bond acceptors (Lipinski definition) is 6. The summed E-state index contributed by atoms with van der Waals surface area (Å²) in [4.78, 5) is 34.4. The van der Waals surface area contributed by atoms with Crippen molar-refractivity contribution in [1.82, 2.24) is 15.3 Å². The molecule has 4 heterocycles. The topological polar surface area (TPSA) is 110 Å². The highest BCUT2D eigenvalue weighted by Gasteiger charge is 2.25. The van der Waals surface area contributed by atoms with Gasteiger partial charge in [0.25, 0.3) is 0 Å². The molecule has 158 valence electrons. The second kappa shape index (κ2) is 8.89. The smallest absolute Gasteiger partial charge is 0.320 e. The van der Waals surface area contributed by atoms with Crippen molar-refractivity contribution in [2.75, 3.05) is 24.5 Å². The van der Waals surface area contributed by atoms with Crippen LogP contribution in [0.5, 0.6) is 0 Å². The fraction of sp³-hybridized carbons (Fsp3) is 0.455. The number of ether oxygens (including phenoxy) is 1. The molecule has 0 aliphatic carbocycles. The highest BCUT2D eigenvalue weighted by Crippen LogP contribution is 2.31. The van der Waals surface area contributed by atoms with Crippen molar-refractivity contribution >= 4 is 17.6 Å². The number of hydrogen-bond donors (Lipinski definition) is 2. The van der Waals surface area contributed by atoms with E-state index in [0.717, 1.165) is 61.0 Å². The summed E-state index contributed by atoms with van der Waals surface area (Å²) < 4.78 is 6.16. The third-order valence-electron chi connectivity index (χ3n) is 5.67. The maximum atomic E-state index is 12.3. The standard InChI is InChI=1S/C22H27N5O3/c1-14(28)20(30-19-4-6-24-7-5-19)18-10-16(11-25-12-18)17-9-15-3-2-8-27(22(23)29)21(15)26-13-17/h9-13,19-20,24H,2-8H2,1H3,(H2,23,29). The number of ketones is 1. The van der Waals surface area contributed by atoms with Gasteiger partial charge in [0.1, 0.15) is 11.9 Å². The number of piperidine rings is 1. The summed E-state index contributed by atoms with van der Waals surface area (Å²) >= 11 is 0. The molecule has 1 saturated heterocycles. The zero-order valence-electron chi connectivity index (χ0n) is 17.1. The Morgan fingerprint density at radius 2 is 1.97 bits per heavy atom. The summed E-state index contributed by atoms with van der Waals surface area (Å²) in [6.07, 6.45) is 8.06. The molecule has 8 nitrogen and oxygen atoms in total. The number of fused-ring (bicyclic) bond motifs is 1. The molecule has 4 rings (SSSR count). The SMILES string of the molecule is CC(=O)C(OC1CCNCC1)c1cncc(-c2cnc3c(c2)CCCN3C(N)=O)c1. The van der Waals surface area contributed by atoms with Crippen LogP contribution >= 0.6 is 0 Å². The molecule has 3 N–H and O–H groups in total. The molecule has 2 aromatic rings. The van der Waals surface area contributed by atoms with Crippen LogP contribution < -0.4 is 16.0 Å². The van der Waals surface area contributed by atoms with Gasteiger partial charge in [-0.05, 0) is 63.4 Å². The molecule has 1 fully saturated rings. The van der Waals surface area contributed by atoms with Gasteiger partial charge in [-0.15, -0.1) is 0 Å². The first kappa shape index (κ1) is 20.4. The number of carbonyl (C=O) groups excluding carboxylic acids is 2. The number of Topliss-reactive ketones (excluding diaryl/α,β-unsaturated/α-hetero) is 1. The van der Waals surface area contributed by atoms with Crippen molar-refractivity contribution in [2.24, 2.45) is 5.73 Å². The fourth-order valence-electron chi connectivity index (χ4n) is 4.13. The Hall–Kier alpha value is -2.84. The second-order valence-corrected chi connectivity index (χ2v) is 7.88. The first-order valence-electron chi connectivity index (χ1n) is 10.4. The third kappa shape index (κ3) is 4.34. The molecule has 2 aliphatic heterocycles. The van der Waals surface area contributed by atoms with Gasteiger partial charge in [0, 0.05) is 41.8 Å². The van der Waals surface area contributed by atoms with Gasteiger partial charge in [-0.2, -0.15) is 0 Å². The number of nitrogens with one attached hydrogen (secondary N) is 1. The first-order valence-corrected chi connectivity index (χ1v) is 10.4. The van der Waals surface area contributed by atoms with Gasteiger partial charge in [0.05, 0.1) is 6.10 Å². The van der Waals surface area contributed by atoms with Crippen LogP contribution in [0.1, 0.15) is 43.4 Å². The Bertz CT molecular complexity index is 942. The van der Waals surface area contributed by atoms with Crippen molar-refractivity contribution in [2.45, 2.75) is 44.8 Å². The van der Waals surface area contributed by atoms with E-state index in [0.29, 0.717) is 12.4 Å². The third-order valence-corrected chi connectivity index (χ3v) is 5.67. The monoisotopic (exact) mass is 409 g/mol. The number of nitrogens with zero attached hydrogens (tertiary/aromatic N) is 3. The van der Waals surface area contributed by atoms with Crippen molar-refractivity contribution in [1.29, 1.82) is 0 Å². The van der Waals surface area contributed by atoms with E-state index in [1.165, 1.54) is 4.90 Å². The summed E-state index contributed by atoms with van der Waals surface area (Å²) in [6.45, 7) is 3.94. The fourth-order valence-corrected chi connectivity index (χ4v) is 4.13. The average Bonchev–Trinajstić information content (AvgIpc) is 2.77. The summed E-state index contributed by atoms with van der Waals surface area (Å²) in [5.41, 5.74) is 8.95. The number of rotatable bonds is 5. The molecule has 0 aromatic carbocycles. The van der Waals surface area contributed by atoms with Crippen LogP contribution in [0.15, 0.2) is 30.7 Å². The van der Waals surface area contributed by atoms with E-state index in [2.05, 4.69) is 15.3 Å². The van der Waals surface area contributed by atoms with E-state index < -0.39 is 12.1 Å². The molecule has 0 radical (unpaired) electrons. The van der Waals surface area contributed by atoms with E-state index in [9.17, 15) is 9.59 Å². The van der Waals surface area contributed by atoms with Gasteiger partial charge < -0.3 is 15.8 Å². The molecule has 30 heavy (non-hydrogen) atoms. The number of aromatic nitrogens is 2. The van der Waals surface area contributed by atoms with Gasteiger partial charge in [0.2, 0.25) is 0 Å². The molecule has 2 aromatic heterocycles. The number of amides is 2. The lowest BCUT2D eigenvalue weighted by Gasteiger charge is -2.27. The molecule has 1 unspecified atom stereocenters. The molecule has 2 aliphatic rings. The predicted molar refractivity (Wildman–Crippen MR) is 113 cm³/mol. The summed E-state index contributed by atoms with van der Waals surface area (Å²) in [5, 5.41) is 3.31. The molecule has 8 heteroatoms.